The van der Waals surface area contributed by atoms with E-state index in [1.807, 2.05) is 6.08 Å². The van der Waals surface area contributed by atoms with Crippen LogP contribution in [0.25, 0.3) is 0 Å². The lowest BCUT2D eigenvalue weighted by Gasteiger charge is -2.25. The third-order valence-corrected chi connectivity index (χ3v) is 5.65. The first kappa shape index (κ1) is 17.2. The highest BCUT2D eigenvalue weighted by Crippen LogP contribution is 2.26. The predicted molar refractivity (Wildman–Crippen MR) is 94.8 cm³/mol. The molecule has 3 rings (SSSR count). The Bertz CT molecular complexity index is 524. The summed E-state index contributed by atoms with van der Waals surface area (Å²) in [5, 5.41) is 6.21. The number of carbonyl (C=O) groups excluding carboxylic acids is 2. The van der Waals surface area contributed by atoms with Gasteiger partial charge >= 0.3 is 0 Å². The van der Waals surface area contributed by atoms with Crippen molar-refractivity contribution in [3.05, 3.63) is 23.5 Å². The van der Waals surface area contributed by atoms with Gasteiger partial charge in [0.25, 0.3) is 0 Å². The van der Waals surface area contributed by atoms with E-state index in [-0.39, 0.29) is 23.7 Å². The van der Waals surface area contributed by atoms with Crippen LogP contribution < -0.4 is 10.6 Å². The third kappa shape index (κ3) is 4.49. The first-order valence-corrected chi connectivity index (χ1v) is 9.75. The lowest BCUT2D eigenvalue weighted by Crippen LogP contribution is -2.37. The minimum absolute atomic E-state index is 0.126. The van der Waals surface area contributed by atoms with Crippen LogP contribution in [0.3, 0.4) is 0 Å². The summed E-state index contributed by atoms with van der Waals surface area (Å²) in [6.45, 7) is 0. The van der Waals surface area contributed by atoms with Gasteiger partial charge in [0.05, 0.1) is 5.70 Å². The minimum atomic E-state index is 0.126. The number of rotatable bonds is 4. The molecule has 0 heterocycles. The molecule has 2 saturated carbocycles. The molecule has 0 aromatic rings. The van der Waals surface area contributed by atoms with Crippen LogP contribution in [-0.2, 0) is 9.59 Å². The molecule has 0 bridgehead atoms. The summed E-state index contributed by atoms with van der Waals surface area (Å²) < 4.78 is 0. The lowest BCUT2D eigenvalue weighted by atomic mass is 9.88. The minimum Gasteiger partial charge on any atom is -0.328 e. The quantitative estimate of drug-likeness (QED) is 0.820. The van der Waals surface area contributed by atoms with Gasteiger partial charge in [-0.2, -0.15) is 0 Å². The smallest absolute Gasteiger partial charge is 0.227 e. The van der Waals surface area contributed by atoms with E-state index >= 15 is 0 Å². The molecular weight excluding hydrogens is 300 g/mol. The Morgan fingerprint density at radius 2 is 1.33 bits per heavy atom. The second-order valence-electron chi connectivity index (χ2n) is 7.48. The molecule has 2 fully saturated rings. The summed E-state index contributed by atoms with van der Waals surface area (Å²) >= 11 is 0. The Labute approximate surface area is 145 Å². The van der Waals surface area contributed by atoms with Gasteiger partial charge in [0, 0.05) is 17.5 Å². The Morgan fingerprint density at radius 1 is 0.792 bits per heavy atom. The topological polar surface area (TPSA) is 58.2 Å². The predicted octanol–water partition coefficient (Wildman–Crippen LogP) is 3.94. The van der Waals surface area contributed by atoms with Crippen molar-refractivity contribution in [2.75, 3.05) is 0 Å². The molecule has 0 spiro atoms. The monoisotopic (exact) mass is 330 g/mol. The van der Waals surface area contributed by atoms with Crippen molar-refractivity contribution in [2.24, 2.45) is 11.8 Å². The van der Waals surface area contributed by atoms with E-state index in [0.717, 1.165) is 75.6 Å². The van der Waals surface area contributed by atoms with Gasteiger partial charge < -0.3 is 10.6 Å². The Hall–Kier alpha value is -1.58. The maximum atomic E-state index is 12.5. The fraction of sp³-hybridized carbons (Fsp3) is 0.700. The van der Waals surface area contributed by atoms with Gasteiger partial charge in [-0.25, -0.2) is 0 Å². The second-order valence-corrected chi connectivity index (χ2v) is 7.48. The molecule has 0 radical (unpaired) electrons. The number of carbonyl (C=O) groups is 2. The first-order chi connectivity index (χ1) is 11.7. The van der Waals surface area contributed by atoms with E-state index in [0.29, 0.717) is 0 Å². The van der Waals surface area contributed by atoms with Crippen molar-refractivity contribution < 1.29 is 9.59 Å². The number of allylic oxidation sites excluding steroid dienone is 3. The largest absolute Gasteiger partial charge is 0.328 e. The molecule has 3 aliphatic carbocycles. The van der Waals surface area contributed by atoms with Gasteiger partial charge in [-0.1, -0.05) is 44.6 Å². The summed E-state index contributed by atoms with van der Waals surface area (Å²) in [6.07, 6.45) is 16.8. The normalized spacial score (nSPS) is 23.2. The van der Waals surface area contributed by atoms with Crippen LogP contribution in [0.5, 0.6) is 0 Å². The fourth-order valence-corrected chi connectivity index (χ4v) is 4.13. The van der Waals surface area contributed by atoms with Crippen molar-refractivity contribution >= 4 is 11.8 Å². The van der Waals surface area contributed by atoms with E-state index < -0.39 is 0 Å². The number of nitrogens with one attached hydrogen (secondary N) is 2. The van der Waals surface area contributed by atoms with E-state index in [2.05, 4.69) is 16.7 Å². The highest BCUT2D eigenvalue weighted by Gasteiger charge is 2.25. The number of hydrogen-bond acceptors (Lipinski definition) is 2. The molecule has 2 amide bonds. The van der Waals surface area contributed by atoms with E-state index in [9.17, 15) is 9.59 Å². The lowest BCUT2D eigenvalue weighted by molar-refractivity contribution is -0.126. The molecule has 0 aromatic carbocycles. The molecule has 132 valence electrons. The SMILES string of the molecule is O=C(NC1=C(NC(=O)C2CCCCC2)CCC=C1)C1CCCCC1. The van der Waals surface area contributed by atoms with E-state index in [1.54, 1.807) is 0 Å². The van der Waals surface area contributed by atoms with Gasteiger partial charge in [-0.3, -0.25) is 9.59 Å². The average Bonchev–Trinajstić information content (AvgIpc) is 2.64. The van der Waals surface area contributed by atoms with Gasteiger partial charge in [-0.05, 0) is 44.6 Å². The maximum Gasteiger partial charge on any atom is 0.227 e. The molecule has 4 nitrogen and oxygen atoms in total. The number of hydrogen-bond donors (Lipinski definition) is 2. The van der Waals surface area contributed by atoms with E-state index in [4.69, 9.17) is 0 Å². The molecule has 0 aromatic heterocycles. The van der Waals surface area contributed by atoms with Crippen molar-refractivity contribution in [1.29, 1.82) is 0 Å². The summed E-state index contributed by atoms with van der Waals surface area (Å²) in [7, 11) is 0. The van der Waals surface area contributed by atoms with Crippen molar-refractivity contribution in [2.45, 2.75) is 77.0 Å². The summed E-state index contributed by atoms with van der Waals surface area (Å²) in [5.41, 5.74) is 1.71. The fourth-order valence-electron chi connectivity index (χ4n) is 4.13. The zero-order valence-corrected chi connectivity index (χ0v) is 14.6. The Morgan fingerprint density at radius 3 is 1.92 bits per heavy atom. The number of amides is 2. The molecule has 3 aliphatic rings. The molecule has 2 N–H and O–H groups in total. The molecule has 4 heteroatoms. The second kappa shape index (κ2) is 8.50. The van der Waals surface area contributed by atoms with Crippen LogP contribution in [0.1, 0.15) is 77.0 Å². The Kier molecular flexibility index (Phi) is 6.11. The van der Waals surface area contributed by atoms with Crippen LogP contribution in [0.2, 0.25) is 0 Å². The maximum absolute atomic E-state index is 12.5. The molecule has 0 aliphatic heterocycles. The summed E-state index contributed by atoms with van der Waals surface area (Å²) in [6, 6.07) is 0. The van der Waals surface area contributed by atoms with Gasteiger partial charge in [0.2, 0.25) is 11.8 Å². The summed E-state index contributed by atoms with van der Waals surface area (Å²) in [4.78, 5) is 25.0. The summed E-state index contributed by atoms with van der Waals surface area (Å²) in [5.74, 6) is 0.550. The zero-order chi connectivity index (χ0) is 16.8. The third-order valence-electron chi connectivity index (χ3n) is 5.65. The van der Waals surface area contributed by atoms with Crippen LogP contribution in [-0.4, -0.2) is 11.8 Å². The average molecular weight is 330 g/mol. The van der Waals surface area contributed by atoms with Crippen molar-refractivity contribution in [3.8, 4) is 0 Å². The van der Waals surface area contributed by atoms with Crippen LogP contribution in [0.4, 0.5) is 0 Å². The molecule has 0 saturated heterocycles. The van der Waals surface area contributed by atoms with Gasteiger partial charge in [0.1, 0.15) is 0 Å². The zero-order valence-electron chi connectivity index (χ0n) is 14.6. The van der Waals surface area contributed by atoms with Gasteiger partial charge in [-0.15, -0.1) is 0 Å². The standard InChI is InChI=1S/C20H30N2O2/c23-19(15-9-3-1-4-10-15)21-17-13-7-8-14-18(17)22-20(24)16-11-5-2-6-12-16/h7,13,15-16H,1-6,8-12,14H2,(H,21,23)(H,22,24). The van der Waals surface area contributed by atoms with Crippen molar-refractivity contribution in [1.82, 2.24) is 10.6 Å². The van der Waals surface area contributed by atoms with Crippen molar-refractivity contribution in [3.63, 3.8) is 0 Å². The highest BCUT2D eigenvalue weighted by molar-refractivity contribution is 5.83. The highest BCUT2D eigenvalue weighted by atomic mass is 16.2. The van der Waals surface area contributed by atoms with Gasteiger partial charge in [0.15, 0.2) is 0 Å². The first-order valence-electron chi connectivity index (χ1n) is 9.75. The Balaban J connectivity index is 1.62. The molecule has 0 atom stereocenters. The molecule has 0 unspecified atom stereocenters. The molecular formula is C20H30N2O2. The van der Waals surface area contributed by atoms with Crippen LogP contribution in [0.15, 0.2) is 23.5 Å². The van der Waals surface area contributed by atoms with E-state index in [1.165, 1.54) is 12.8 Å². The van der Waals surface area contributed by atoms with Crippen LogP contribution >= 0.6 is 0 Å². The van der Waals surface area contributed by atoms with Crippen LogP contribution in [0, 0.1) is 11.8 Å². The molecule has 24 heavy (non-hydrogen) atoms.